The van der Waals surface area contributed by atoms with Gasteiger partial charge in [-0.1, -0.05) is 19.3 Å². The van der Waals surface area contributed by atoms with Crippen molar-refractivity contribution in [3.05, 3.63) is 22.6 Å². The van der Waals surface area contributed by atoms with E-state index in [1.54, 1.807) is 0 Å². The standard InChI is InChI=1S/C11H16BrNO/c12-11-7-6-10(14-11)8-13-9-4-2-1-3-5-9/h6-7,9,13H,1-5,8H2. The van der Waals surface area contributed by atoms with E-state index in [9.17, 15) is 0 Å². The van der Waals surface area contributed by atoms with Gasteiger partial charge in [0.15, 0.2) is 4.67 Å². The molecule has 2 rings (SSSR count). The molecule has 2 nitrogen and oxygen atoms in total. The third kappa shape index (κ3) is 2.85. The minimum atomic E-state index is 0.702. The molecule has 0 aromatic carbocycles. The van der Waals surface area contributed by atoms with Crippen molar-refractivity contribution in [3.63, 3.8) is 0 Å². The Balaban J connectivity index is 1.76. The highest BCUT2D eigenvalue weighted by Gasteiger charge is 2.12. The van der Waals surface area contributed by atoms with Gasteiger partial charge in [-0.05, 0) is 40.9 Å². The Labute approximate surface area is 93.2 Å². The number of nitrogens with one attached hydrogen (secondary N) is 1. The summed E-state index contributed by atoms with van der Waals surface area (Å²) in [5.41, 5.74) is 0. The van der Waals surface area contributed by atoms with Gasteiger partial charge >= 0.3 is 0 Å². The predicted octanol–water partition coefficient (Wildman–Crippen LogP) is 3.46. The van der Waals surface area contributed by atoms with Crippen LogP contribution in [0, 0.1) is 0 Å². The Kier molecular flexibility index (Phi) is 3.65. The van der Waals surface area contributed by atoms with Gasteiger partial charge in [0.2, 0.25) is 0 Å². The molecule has 3 heteroatoms. The first kappa shape index (κ1) is 10.2. The van der Waals surface area contributed by atoms with Crippen molar-refractivity contribution < 1.29 is 4.42 Å². The molecule has 1 aliphatic carbocycles. The first-order chi connectivity index (χ1) is 6.84. The largest absolute Gasteiger partial charge is 0.453 e. The lowest BCUT2D eigenvalue weighted by atomic mass is 9.95. The van der Waals surface area contributed by atoms with E-state index in [2.05, 4.69) is 21.2 Å². The fourth-order valence-electron chi connectivity index (χ4n) is 2.00. The molecule has 0 saturated heterocycles. The fourth-order valence-corrected chi connectivity index (χ4v) is 2.34. The van der Waals surface area contributed by atoms with Gasteiger partial charge in [-0.3, -0.25) is 0 Å². The van der Waals surface area contributed by atoms with Gasteiger partial charge in [-0.15, -0.1) is 0 Å². The Bertz CT molecular complexity index is 279. The van der Waals surface area contributed by atoms with Gasteiger partial charge in [0, 0.05) is 6.04 Å². The van der Waals surface area contributed by atoms with Crippen LogP contribution in [0.25, 0.3) is 0 Å². The average Bonchev–Trinajstić information content (AvgIpc) is 2.63. The third-order valence-corrected chi connectivity index (χ3v) is 3.23. The molecule has 0 aliphatic heterocycles. The smallest absolute Gasteiger partial charge is 0.169 e. The molecule has 0 amide bonds. The monoisotopic (exact) mass is 257 g/mol. The summed E-state index contributed by atoms with van der Waals surface area (Å²) in [7, 11) is 0. The highest BCUT2D eigenvalue weighted by atomic mass is 79.9. The quantitative estimate of drug-likeness (QED) is 0.898. The van der Waals surface area contributed by atoms with Gasteiger partial charge in [0.25, 0.3) is 0 Å². The summed E-state index contributed by atoms with van der Waals surface area (Å²) < 4.78 is 6.25. The normalized spacial score (nSPS) is 18.6. The van der Waals surface area contributed by atoms with E-state index in [1.165, 1.54) is 32.1 Å². The van der Waals surface area contributed by atoms with Crippen LogP contribution in [0.5, 0.6) is 0 Å². The van der Waals surface area contributed by atoms with Crippen LogP contribution in [0.15, 0.2) is 21.2 Å². The summed E-state index contributed by atoms with van der Waals surface area (Å²) in [6.07, 6.45) is 6.80. The maximum absolute atomic E-state index is 5.43. The van der Waals surface area contributed by atoms with Crippen LogP contribution < -0.4 is 5.32 Å². The van der Waals surface area contributed by atoms with Gasteiger partial charge in [-0.2, -0.15) is 0 Å². The zero-order valence-electron chi connectivity index (χ0n) is 8.26. The Morgan fingerprint density at radius 1 is 1.29 bits per heavy atom. The highest BCUT2D eigenvalue weighted by molar-refractivity contribution is 9.10. The molecule has 1 aromatic rings. The highest BCUT2D eigenvalue weighted by Crippen LogP contribution is 2.19. The molecular formula is C11H16BrNO. The van der Waals surface area contributed by atoms with Crippen LogP contribution >= 0.6 is 15.9 Å². The zero-order chi connectivity index (χ0) is 9.80. The van der Waals surface area contributed by atoms with Crippen LogP contribution in [-0.4, -0.2) is 6.04 Å². The SMILES string of the molecule is Brc1ccc(CNC2CCCCC2)o1. The zero-order valence-corrected chi connectivity index (χ0v) is 9.85. The van der Waals surface area contributed by atoms with Crippen molar-refractivity contribution in [2.45, 2.75) is 44.7 Å². The molecule has 0 bridgehead atoms. The van der Waals surface area contributed by atoms with Crippen molar-refractivity contribution in [2.24, 2.45) is 0 Å². The van der Waals surface area contributed by atoms with Crippen LogP contribution in [-0.2, 0) is 6.54 Å². The average molecular weight is 258 g/mol. The van der Waals surface area contributed by atoms with E-state index in [4.69, 9.17) is 4.42 Å². The molecule has 0 spiro atoms. The van der Waals surface area contributed by atoms with Crippen LogP contribution in [0.4, 0.5) is 0 Å². The molecule has 1 heterocycles. The number of hydrogen-bond donors (Lipinski definition) is 1. The Hall–Kier alpha value is -0.280. The molecule has 1 saturated carbocycles. The predicted molar refractivity (Wildman–Crippen MR) is 60.1 cm³/mol. The molecular weight excluding hydrogens is 242 g/mol. The number of hydrogen-bond acceptors (Lipinski definition) is 2. The van der Waals surface area contributed by atoms with Gasteiger partial charge in [0.1, 0.15) is 5.76 Å². The topological polar surface area (TPSA) is 25.2 Å². The minimum Gasteiger partial charge on any atom is -0.453 e. The second kappa shape index (κ2) is 4.99. The van der Waals surface area contributed by atoms with Crippen molar-refractivity contribution in [1.29, 1.82) is 0 Å². The Morgan fingerprint density at radius 2 is 2.07 bits per heavy atom. The second-order valence-electron chi connectivity index (χ2n) is 3.92. The van der Waals surface area contributed by atoms with E-state index in [0.29, 0.717) is 6.04 Å². The maximum atomic E-state index is 5.43. The molecule has 14 heavy (non-hydrogen) atoms. The van der Waals surface area contributed by atoms with E-state index >= 15 is 0 Å². The lowest BCUT2D eigenvalue weighted by molar-refractivity contribution is 0.354. The molecule has 1 fully saturated rings. The molecule has 0 atom stereocenters. The maximum Gasteiger partial charge on any atom is 0.169 e. The van der Waals surface area contributed by atoms with Crippen LogP contribution in [0.3, 0.4) is 0 Å². The van der Waals surface area contributed by atoms with Gasteiger partial charge < -0.3 is 9.73 Å². The molecule has 0 radical (unpaired) electrons. The van der Waals surface area contributed by atoms with Crippen molar-refractivity contribution >= 4 is 15.9 Å². The first-order valence-electron chi connectivity index (χ1n) is 5.32. The van der Waals surface area contributed by atoms with Crippen molar-refractivity contribution in [3.8, 4) is 0 Å². The lowest BCUT2D eigenvalue weighted by Crippen LogP contribution is -2.30. The van der Waals surface area contributed by atoms with Gasteiger partial charge in [0.05, 0.1) is 6.54 Å². The molecule has 1 N–H and O–H groups in total. The third-order valence-electron chi connectivity index (χ3n) is 2.80. The van der Waals surface area contributed by atoms with Crippen LogP contribution in [0.2, 0.25) is 0 Å². The summed E-state index contributed by atoms with van der Waals surface area (Å²) in [4.78, 5) is 0. The summed E-state index contributed by atoms with van der Waals surface area (Å²) >= 11 is 3.30. The number of rotatable bonds is 3. The van der Waals surface area contributed by atoms with E-state index in [0.717, 1.165) is 17.0 Å². The molecule has 1 aromatic heterocycles. The molecule has 1 aliphatic rings. The second-order valence-corrected chi connectivity index (χ2v) is 4.70. The fraction of sp³-hybridized carbons (Fsp3) is 0.636. The Morgan fingerprint density at radius 3 is 2.71 bits per heavy atom. The van der Waals surface area contributed by atoms with E-state index < -0.39 is 0 Å². The minimum absolute atomic E-state index is 0.702. The summed E-state index contributed by atoms with van der Waals surface area (Å²) in [5, 5.41) is 3.54. The van der Waals surface area contributed by atoms with Crippen LogP contribution in [0.1, 0.15) is 37.9 Å². The lowest BCUT2D eigenvalue weighted by Gasteiger charge is -2.22. The van der Waals surface area contributed by atoms with Crippen molar-refractivity contribution in [1.82, 2.24) is 5.32 Å². The summed E-state index contributed by atoms with van der Waals surface area (Å²) in [6, 6.07) is 4.66. The van der Waals surface area contributed by atoms with Crippen molar-refractivity contribution in [2.75, 3.05) is 0 Å². The van der Waals surface area contributed by atoms with E-state index in [-0.39, 0.29) is 0 Å². The summed E-state index contributed by atoms with van der Waals surface area (Å²) in [6.45, 7) is 0.857. The summed E-state index contributed by atoms with van der Waals surface area (Å²) in [5.74, 6) is 1.02. The van der Waals surface area contributed by atoms with E-state index in [1.807, 2.05) is 12.1 Å². The number of halogens is 1. The number of furan rings is 1. The molecule has 0 unspecified atom stereocenters. The first-order valence-corrected chi connectivity index (χ1v) is 6.11. The molecule has 78 valence electrons. The van der Waals surface area contributed by atoms with Gasteiger partial charge in [-0.25, -0.2) is 0 Å².